The van der Waals surface area contributed by atoms with Gasteiger partial charge in [0.25, 0.3) is 0 Å². The van der Waals surface area contributed by atoms with Gasteiger partial charge in [0.1, 0.15) is 10.8 Å². The highest BCUT2D eigenvalue weighted by Gasteiger charge is 2.11. The van der Waals surface area contributed by atoms with Gasteiger partial charge >= 0.3 is 5.97 Å². The van der Waals surface area contributed by atoms with Gasteiger partial charge in [0.2, 0.25) is 0 Å². The molecule has 0 aliphatic heterocycles. The molecule has 2 heterocycles. The van der Waals surface area contributed by atoms with Crippen LogP contribution in [0.15, 0.2) is 77.5 Å². The first-order valence-electron chi connectivity index (χ1n) is 8.12. The van der Waals surface area contributed by atoms with E-state index < -0.39 is 0 Å². The maximum Gasteiger partial charge on any atom is 0.317 e. The minimum atomic E-state index is -0.305. The zero-order valence-corrected chi connectivity index (χ0v) is 15.4. The quantitative estimate of drug-likeness (QED) is 0.331. The lowest BCUT2D eigenvalue weighted by molar-refractivity contribution is -0.133. The summed E-state index contributed by atoms with van der Waals surface area (Å²) >= 11 is 3.19. The zero-order chi connectivity index (χ0) is 17.8. The van der Waals surface area contributed by atoms with E-state index in [4.69, 9.17) is 4.74 Å². The van der Waals surface area contributed by atoms with E-state index in [0.717, 1.165) is 26.7 Å². The van der Waals surface area contributed by atoms with Crippen LogP contribution in [0.2, 0.25) is 0 Å². The summed E-state index contributed by atoms with van der Waals surface area (Å²) in [6.45, 7) is 0. The van der Waals surface area contributed by atoms with Crippen molar-refractivity contribution in [2.75, 3.05) is 0 Å². The van der Waals surface area contributed by atoms with Crippen molar-refractivity contribution in [3.8, 4) is 26.8 Å². The van der Waals surface area contributed by atoms with E-state index in [2.05, 4.69) is 17.1 Å². The van der Waals surface area contributed by atoms with E-state index in [1.54, 1.807) is 22.7 Å². The number of carbonyl (C=O) groups excluding carboxylic acids is 1. The highest BCUT2D eigenvalue weighted by atomic mass is 32.1. The Balaban J connectivity index is 1.39. The van der Waals surface area contributed by atoms with E-state index in [9.17, 15) is 4.79 Å². The van der Waals surface area contributed by atoms with Crippen LogP contribution in [0.3, 0.4) is 0 Å². The summed E-state index contributed by atoms with van der Waals surface area (Å²) in [6.07, 6.45) is 0.169. The second-order valence-electron chi connectivity index (χ2n) is 5.66. The molecule has 0 aliphatic carbocycles. The minimum Gasteiger partial charge on any atom is -0.426 e. The number of aromatic nitrogens is 1. The van der Waals surface area contributed by atoms with Gasteiger partial charge in [0.05, 0.1) is 17.0 Å². The highest BCUT2D eigenvalue weighted by molar-refractivity contribution is 7.20. The van der Waals surface area contributed by atoms with Gasteiger partial charge in [0, 0.05) is 5.38 Å². The number of thiophene rings is 1. The molecule has 0 saturated carbocycles. The van der Waals surface area contributed by atoms with Gasteiger partial charge in [-0.3, -0.25) is 4.79 Å². The second kappa shape index (κ2) is 7.64. The van der Waals surface area contributed by atoms with Crippen molar-refractivity contribution < 1.29 is 9.53 Å². The molecule has 0 saturated heterocycles. The Morgan fingerprint density at radius 1 is 0.885 bits per heavy atom. The molecule has 3 nitrogen and oxygen atoms in total. The van der Waals surface area contributed by atoms with Crippen molar-refractivity contribution in [2.24, 2.45) is 0 Å². The Labute approximate surface area is 159 Å². The monoisotopic (exact) mass is 377 g/mol. The first kappa shape index (κ1) is 16.7. The van der Waals surface area contributed by atoms with Crippen LogP contribution in [0.5, 0.6) is 5.75 Å². The Hall–Kier alpha value is -2.76. The van der Waals surface area contributed by atoms with Crippen molar-refractivity contribution in [1.29, 1.82) is 0 Å². The maximum atomic E-state index is 12.2. The maximum absolute atomic E-state index is 12.2. The molecule has 0 fully saturated rings. The van der Waals surface area contributed by atoms with E-state index in [0.29, 0.717) is 5.75 Å². The number of carbonyl (C=O) groups is 1. The van der Waals surface area contributed by atoms with Gasteiger partial charge in [-0.25, -0.2) is 4.98 Å². The molecule has 0 amide bonds. The predicted octanol–water partition coefficient (Wildman–Crippen LogP) is 5.69. The lowest BCUT2D eigenvalue weighted by atomic mass is 10.1. The van der Waals surface area contributed by atoms with Crippen LogP contribution in [-0.4, -0.2) is 11.0 Å². The molecule has 5 heteroatoms. The van der Waals surface area contributed by atoms with E-state index >= 15 is 0 Å². The van der Waals surface area contributed by atoms with Crippen LogP contribution < -0.4 is 4.74 Å². The molecule has 0 N–H and O–H groups in total. The van der Waals surface area contributed by atoms with Crippen molar-refractivity contribution in [2.45, 2.75) is 6.42 Å². The summed E-state index contributed by atoms with van der Waals surface area (Å²) in [5.41, 5.74) is 2.96. The number of esters is 1. The average Bonchev–Trinajstić information content (AvgIpc) is 3.35. The molecule has 4 rings (SSSR count). The van der Waals surface area contributed by atoms with Gasteiger partial charge < -0.3 is 4.74 Å². The van der Waals surface area contributed by atoms with Crippen molar-refractivity contribution in [1.82, 2.24) is 4.98 Å². The number of benzene rings is 2. The van der Waals surface area contributed by atoms with Crippen LogP contribution >= 0.6 is 22.7 Å². The molecule has 2 aromatic carbocycles. The largest absolute Gasteiger partial charge is 0.426 e. The normalized spacial score (nSPS) is 10.6. The Kier molecular flexibility index (Phi) is 4.91. The van der Waals surface area contributed by atoms with Crippen molar-refractivity contribution in [3.05, 3.63) is 83.2 Å². The summed E-state index contributed by atoms with van der Waals surface area (Å²) in [7, 11) is 0. The van der Waals surface area contributed by atoms with Gasteiger partial charge in [-0.05, 0) is 34.7 Å². The van der Waals surface area contributed by atoms with Crippen LogP contribution in [-0.2, 0) is 11.2 Å². The fourth-order valence-corrected chi connectivity index (χ4v) is 4.20. The summed E-state index contributed by atoms with van der Waals surface area (Å²) in [5, 5.41) is 4.87. The molecule has 0 unspecified atom stereocenters. The third-order valence-electron chi connectivity index (χ3n) is 3.80. The summed E-state index contributed by atoms with van der Waals surface area (Å²) in [5.74, 6) is 0.240. The molecule has 4 aromatic rings. The fraction of sp³-hybridized carbons (Fsp3) is 0.0476. The van der Waals surface area contributed by atoms with E-state index in [-0.39, 0.29) is 12.4 Å². The summed E-state index contributed by atoms with van der Waals surface area (Å²) < 4.78 is 5.44. The molecule has 0 aliphatic rings. The molecule has 2 aromatic heterocycles. The fourth-order valence-electron chi connectivity index (χ4n) is 2.56. The average molecular weight is 377 g/mol. The van der Waals surface area contributed by atoms with Gasteiger partial charge in [-0.1, -0.05) is 48.5 Å². The number of thiazole rings is 1. The number of hydrogen-bond acceptors (Lipinski definition) is 5. The lowest BCUT2D eigenvalue weighted by Gasteiger charge is -2.05. The Bertz CT molecular complexity index is 990. The molecule has 128 valence electrons. The van der Waals surface area contributed by atoms with E-state index in [1.807, 2.05) is 65.4 Å². The molecule has 0 spiro atoms. The summed E-state index contributed by atoms with van der Waals surface area (Å²) in [4.78, 5) is 17.8. The molecule has 0 radical (unpaired) electrons. The zero-order valence-electron chi connectivity index (χ0n) is 13.8. The lowest BCUT2D eigenvalue weighted by Crippen LogP contribution is -2.11. The van der Waals surface area contributed by atoms with Crippen LogP contribution in [0, 0.1) is 0 Å². The number of rotatable bonds is 5. The number of hydrogen-bond donors (Lipinski definition) is 0. The second-order valence-corrected chi connectivity index (χ2v) is 7.47. The minimum absolute atomic E-state index is 0.169. The molecule has 0 atom stereocenters. The summed E-state index contributed by atoms with van der Waals surface area (Å²) in [6, 6.07) is 21.7. The third-order valence-corrected chi connectivity index (χ3v) is 5.73. The standard InChI is InChI=1S/C21H15NO2S2/c23-20(13-17-14-26-21(22-17)19-7-4-12-25-19)24-18-10-8-16(9-11-18)15-5-2-1-3-6-15/h1-12,14H,13H2. The first-order valence-corrected chi connectivity index (χ1v) is 9.88. The molecular weight excluding hydrogens is 362 g/mol. The van der Waals surface area contributed by atoms with Gasteiger partial charge in [-0.2, -0.15) is 0 Å². The third kappa shape index (κ3) is 3.90. The van der Waals surface area contributed by atoms with Gasteiger partial charge in [-0.15, -0.1) is 22.7 Å². The van der Waals surface area contributed by atoms with Crippen LogP contribution in [0.25, 0.3) is 21.0 Å². The topological polar surface area (TPSA) is 39.2 Å². The van der Waals surface area contributed by atoms with E-state index in [1.165, 1.54) is 0 Å². The van der Waals surface area contributed by atoms with Crippen LogP contribution in [0.4, 0.5) is 0 Å². The Morgan fingerprint density at radius 2 is 1.65 bits per heavy atom. The number of ether oxygens (including phenoxy) is 1. The van der Waals surface area contributed by atoms with Gasteiger partial charge in [0.15, 0.2) is 0 Å². The molecule has 0 bridgehead atoms. The number of nitrogens with zero attached hydrogens (tertiary/aromatic N) is 1. The van der Waals surface area contributed by atoms with Crippen molar-refractivity contribution in [3.63, 3.8) is 0 Å². The molecular formula is C21H15NO2S2. The molecule has 26 heavy (non-hydrogen) atoms. The SMILES string of the molecule is O=C(Cc1csc(-c2cccs2)n1)Oc1ccc(-c2ccccc2)cc1. The predicted molar refractivity (Wildman–Crippen MR) is 107 cm³/mol. The van der Waals surface area contributed by atoms with Crippen molar-refractivity contribution >= 4 is 28.6 Å². The van der Waals surface area contributed by atoms with Crippen LogP contribution in [0.1, 0.15) is 5.69 Å². The Morgan fingerprint density at radius 3 is 2.38 bits per heavy atom. The first-order chi connectivity index (χ1) is 12.8. The smallest absolute Gasteiger partial charge is 0.317 e. The highest BCUT2D eigenvalue weighted by Crippen LogP contribution is 2.28.